The number of amides is 1. The van der Waals surface area contributed by atoms with Crippen molar-refractivity contribution in [3.63, 3.8) is 0 Å². The lowest BCUT2D eigenvalue weighted by atomic mass is 9.95. The van der Waals surface area contributed by atoms with Gasteiger partial charge in [-0.25, -0.2) is 4.68 Å². The van der Waals surface area contributed by atoms with Crippen LogP contribution in [0.3, 0.4) is 0 Å². The third-order valence-corrected chi connectivity index (χ3v) is 5.60. The monoisotopic (exact) mass is 347 g/mol. The standard InChI is InChI=1S/C18H29N5O2/c1-3-22-8-4-5-15(22)12-19-18(25)14-6-9-23(10-7-14)16-11-17(24)21(2)20-13-16/h11,13-15H,3-10,12H2,1-2H3,(H,19,25)/t15-/m1/s1. The number of carbonyl (C=O) groups is 1. The molecule has 2 fully saturated rings. The third-order valence-electron chi connectivity index (χ3n) is 5.60. The van der Waals surface area contributed by atoms with Gasteiger partial charge in [-0.3, -0.25) is 14.5 Å². The summed E-state index contributed by atoms with van der Waals surface area (Å²) in [6.45, 7) is 6.74. The molecule has 3 heterocycles. The van der Waals surface area contributed by atoms with E-state index in [2.05, 4.69) is 27.1 Å². The van der Waals surface area contributed by atoms with E-state index in [-0.39, 0.29) is 17.4 Å². The van der Waals surface area contributed by atoms with Crippen LogP contribution in [0, 0.1) is 5.92 Å². The molecule has 7 nitrogen and oxygen atoms in total. The summed E-state index contributed by atoms with van der Waals surface area (Å²) in [7, 11) is 1.65. The molecule has 2 saturated heterocycles. The van der Waals surface area contributed by atoms with Crippen molar-refractivity contribution in [2.75, 3.05) is 37.6 Å². The predicted molar refractivity (Wildman–Crippen MR) is 97.7 cm³/mol. The van der Waals surface area contributed by atoms with E-state index in [4.69, 9.17) is 0 Å². The third kappa shape index (κ3) is 4.21. The Morgan fingerprint density at radius 3 is 2.72 bits per heavy atom. The van der Waals surface area contributed by atoms with Crippen molar-refractivity contribution in [1.29, 1.82) is 0 Å². The van der Waals surface area contributed by atoms with Crippen LogP contribution in [0.4, 0.5) is 5.69 Å². The first-order valence-corrected chi connectivity index (χ1v) is 9.38. The maximum absolute atomic E-state index is 12.5. The molecule has 0 unspecified atom stereocenters. The van der Waals surface area contributed by atoms with Gasteiger partial charge in [0, 0.05) is 44.7 Å². The van der Waals surface area contributed by atoms with Gasteiger partial charge in [0.15, 0.2) is 0 Å². The van der Waals surface area contributed by atoms with E-state index >= 15 is 0 Å². The number of nitrogens with one attached hydrogen (secondary N) is 1. The van der Waals surface area contributed by atoms with Crippen molar-refractivity contribution < 1.29 is 4.79 Å². The van der Waals surface area contributed by atoms with E-state index < -0.39 is 0 Å². The highest BCUT2D eigenvalue weighted by Gasteiger charge is 2.28. The minimum Gasteiger partial charge on any atom is -0.370 e. The number of likely N-dealkylation sites (N-methyl/N-ethyl adjacent to an activating group) is 1. The Bertz CT molecular complexity index is 651. The molecule has 1 amide bonds. The molecular weight excluding hydrogens is 318 g/mol. The molecule has 1 N–H and O–H groups in total. The lowest BCUT2D eigenvalue weighted by Crippen LogP contribution is -2.45. The van der Waals surface area contributed by atoms with E-state index in [0.29, 0.717) is 6.04 Å². The van der Waals surface area contributed by atoms with Gasteiger partial charge < -0.3 is 10.2 Å². The molecule has 0 spiro atoms. The van der Waals surface area contributed by atoms with Crippen LogP contribution < -0.4 is 15.8 Å². The van der Waals surface area contributed by atoms with E-state index in [9.17, 15) is 9.59 Å². The van der Waals surface area contributed by atoms with E-state index in [1.807, 2.05) is 0 Å². The van der Waals surface area contributed by atoms with Crippen molar-refractivity contribution in [2.24, 2.45) is 13.0 Å². The second kappa shape index (κ2) is 7.99. The molecule has 1 aromatic rings. The lowest BCUT2D eigenvalue weighted by Gasteiger charge is -2.33. The SMILES string of the molecule is CCN1CCC[C@@H]1CNC(=O)C1CCN(c2cnn(C)c(=O)c2)CC1. The summed E-state index contributed by atoms with van der Waals surface area (Å²) >= 11 is 0. The van der Waals surface area contributed by atoms with Gasteiger partial charge in [-0.2, -0.15) is 5.10 Å². The zero-order valence-corrected chi connectivity index (χ0v) is 15.3. The van der Waals surface area contributed by atoms with E-state index in [1.165, 1.54) is 17.5 Å². The largest absolute Gasteiger partial charge is 0.370 e. The quantitative estimate of drug-likeness (QED) is 0.844. The van der Waals surface area contributed by atoms with Gasteiger partial charge in [-0.1, -0.05) is 6.92 Å². The summed E-state index contributed by atoms with van der Waals surface area (Å²) in [5.74, 6) is 0.261. The molecule has 1 aromatic heterocycles. The van der Waals surface area contributed by atoms with Crippen molar-refractivity contribution >= 4 is 11.6 Å². The highest BCUT2D eigenvalue weighted by Crippen LogP contribution is 2.22. The summed E-state index contributed by atoms with van der Waals surface area (Å²) in [4.78, 5) is 28.8. The molecule has 7 heteroatoms. The van der Waals surface area contributed by atoms with Crippen molar-refractivity contribution in [3.05, 3.63) is 22.6 Å². The first-order chi connectivity index (χ1) is 12.1. The number of hydrogen-bond donors (Lipinski definition) is 1. The summed E-state index contributed by atoms with van der Waals surface area (Å²) in [6, 6.07) is 2.12. The Kier molecular flexibility index (Phi) is 5.73. The molecule has 3 rings (SSSR count). The van der Waals surface area contributed by atoms with Crippen molar-refractivity contribution in [3.8, 4) is 0 Å². The number of likely N-dealkylation sites (tertiary alicyclic amines) is 1. The number of carbonyl (C=O) groups excluding carboxylic acids is 1. The van der Waals surface area contributed by atoms with Crippen LogP contribution in [0.15, 0.2) is 17.1 Å². The first-order valence-electron chi connectivity index (χ1n) is 9.38. The average Bonchev–Trinajstić information content (AvgIpc) is 3.09. The number of aromatic nitrogens is 2. The minimum absolute atomic E-state index is 0.0761. The molecule has 0 aromatic carbocycles. The van der Waals surface area contributed by atoms with Crippen LogP contribution in [0.25, 0.3) is 0 Å². The van der Waals surface area contributed by atoms with Crippen LogP contribution in [0.2, 0.25) is 0 Å². The normalized spacial score (nSPS) is 22.3. The van der Waals surface area contributed by atoms with Crippen molar-refractivity contribution in [1.82, 2.24) is 20.0 Å². The number of rotatable bonds is 5. The number of nitrogens with zero attached hydrogens (tertiary/aromatic N) is 4. The topological polar surface area (TPSA) is 70.5 Å². The Labute approximate surface area is 149 Å². The molecule has 0 bridgehead atoms. The highest BCUT2D eigenvalue weighted by atomic mass is 16.2. The fraction of sp³-hybridized carbons (Fsp3) is 0.722. The minimum atomic E-state index is -0.102. The molecule has 0 aliphatic carbocycles. The highest BCUT2D eigenvalue weighted by molar-refractivity contribution is 5.79. The Hall–Kier alpha value is -1.89. The second-order valence-electron chi connectivity index (χ2n) is 7.11. The molecule has 2 aliphatic heterocycles. The van der Waals surface area contributed by atoms with Gasteiger partial charge in [0.2, 0.25) is 5.91 Å². The molecule has 25 heavy (non-hydrogen) atoms. The van der Waals surface area contributed by atoms with Crippen LogP contribution in [-0.2, 0) is 11.8 Å². The van der Waals surface area contributed by atoms with Crippen LogP contribution in [0.5, 0.6) is 0 Å². The maximum Gasteiger partial charge on any atom is 0.268 e. The Morgan fingerprint density at radius 2 is 2.04 bits per heavy atom. The van der Waals surface area contributed by atoms with Gasteiger partial charge in [0.1, 0.15) is 0 Å². The summed E-state index contributed by atoms with van der Waals surface area (Å²) in [5.41, 5.74) is 0.751. The fourth-order valence-corrected chi connectivity index (χ4v) is 3.94. The molecule has 0 saturated carbocycles. The summed E-state index contributed by atoms with van der Waals surface area (Å²) in [6.07, 6.45) is 5.79. The van der Waals surface area contributed by atoms with Gasteiger partial charge in [0.25, 0.3) is 5.56 Å². The molecule has 2 aliphatic rings. The van der Waals surface area contributed by atoms with Crippen LogP contribution in [-0.4, -0.2) is 59.4 Å². The summed E-state index contributed by atoms with van der Waals surface area (Å²) < 4.78 is 1.33. The Morgan fingerprint density at radius 1 is 1.28 bits per heavy atom. The van der Waals surface area contributed by atoms with Crippen LogP contribution >= 0.6 is 0 Å². The van der Waals surface area contributed by atoms with Gasteiger partial charge in [-0.15, -0.1) is 0 Å². The number of aryl methyl sites for hydroxylation is 1. The average molecular weight is 347 g/mol. The molecule has 138 valence electrons. The van der Waals surface area contributed by atoms with Crippen molar-refractivity contribution in [2.45, 2.75) is 38.6 Å². The zero-order valence-electron chi connectivity index (χ0n) is 15.3. The van der Waals surface area contributed by atoms with Crippen LogP contribution in [0.1, 0.15) is 32.6 Å². The fourth-order valence-electron chi connectivity index (χ4n) is 3.94. The lowest BCUT2D eigenvalue weighted by molar-refractivity contribution is -0.125. The number of anilines is 1. The van der Waals surface area contributed by atoms with E-state index in [1.54, 1.807) is 19.3 Å². The maximum atomic E-state index is 12.5. The van der Waals surface area contributed by atoms with Gasteiger partial charge >= 0.3 is 0 Å². The van der Waals surface area contributed by atoms with Gasteiger partial charge in [-0.05, 0) is 38.8 Å². The second-order valence-corrected chi connectivity index (χ2v) is 7.11. The zero-order chi connectivity index (χ0) is 17.8. The molecule has 0 radical (unpaired) electrons. The first kappa shape index (κ1) is 17.9. The predicted octanol–water partition coefficient (Wildman–Crippen LogP) is 0.597. The number of hydrogen-bond acceptors (Lipinski definition) is 5. The molecule has 1 atom stereocenters. The number of piperidine rings is 1. The Balaban J connectivity index is 1.47. The smallest absolute Gasteiger partial charge is 0.268 e. The van der Waals surface area contributed by atoms with Gasteiger partial charge in [0.05, 0.1) is 11.9 Å². The van der Waals surface area contributed by atoms with E-state index in [0.717, 1.165) is 51.3 Å². The molecular formula is C18H29N5O2. The summed E-state index contributed by atoms with van der Waals surface area (Å²) in [5, 5.41) is 7.24.